The van der Waals surface area contributed by atoms with Crippen molar-refractivity contribution >= 4 is 21.6 Å². The summed E-state index contributed by atoms with van der Waals surface area (Å²) in [5.74, 6) is 0.764. The second-order valence-corrected chi connectivity index (χ2v) is 5.34. The molecule has 1 fully saturated rings. The van der Waals surface area contributed by atoms with E-state index in [9.17, 15) is 0 Å². The van der Waals surface area contributed by atoms with Crippen molar-refractivity contribution in [2.24, 2.45) is 5.92 Å². The molecular formula is C12H15BrN2. The molecule has 0 spiro atoms. The highest BCUT2D eigenvalue weighted by molar-refractivity contribution is 9.10. The highest BCUT2D eigenvalue weighted by Gasteiger charge is 2.30. The Bertz CT molecular complexity index is 378. The first-order valence-electron chi connectivity index (χ1n) is 5.59. The number of halogens is 1. The zero-order valence-electron chi connectivity index (χ0n) is 8.59. The van der Waals surface area contributed by atoms with Crippen LogP contribution in [0.1, 0.15) is 12.0 Å². The minimum atomic E-state index is 0.664. The molecule has 2 N–H and O–H groups in total. The maximum Gasteiger partial charge on any atom is 0.0519 e. The van der Waals surface area contributed by atoms with Crippen LogP contribution in [0.25, 0.3) is 0 Å². The van der Waals surface area contributed by atoms with Gasteiger partial charge in [0.05, 0.1) is 5.69 Å². The fourth-order valence-electron chi connectivity index (χ4n) is 2.70. The molecular weight excluding hydrogens is 252 g/mol. The minimum absolute atomic E-state index is 0.664. The molecule has 2 unspecified atom stereocenters. The number of fused-ring (bicyclic) bond motifs is 2. The molecule has 3 heteroatoms. The average molecular weight is 267 g/mol. The number of hydrogen-bond acceptors (Lipinski definition) is 2. The van der Waals surface area contributed by atoms with Crippen molar-refractivity contribution in [3.63, 3.8) is 0 Å². The van der Waals surface area contributed by atoms with Gasteiger partial charge in [0.2, 0.25) is 0 Å². The summed E-state index contributed by atoms with van der Waals surface area (Å²) in [5.41, 5.74) is 2.77. The van der Waals surface area contributed by atoms with E-state index >= 15 is 0 Å². The van der Waals surface area contributed by atoms with Gasteiger partial charge in [0.15, 0.2) is 0 Å². The molecule has 0 aromatic heterocycles. The number of piperidine rings is 1. The Kier molecular flexibility index (Phi) is 2.45. The lowest BCUT2D eigenvalue weighted by molar-refractivity contribution is 0.333. The Balaban J connectivity index is 1.95. The third-order valence-corrected chi connectivity index (χ3v) is 4.18. The lowest BCUT2D eigenvalue weighted by Gasteiger charge is -2.38. The Morgan fingerprint density at radius 3 is 3.20 bits per heavy atom. The monoisotopic (exact) mass is 266 g/mol. The van der Waals surface area contributed by atoms with Gasteiger partial charge < -0.3 is 10.6 Å². The van der Waals surface area contributed by atoms with Crippen LogP contribution in [-0.2, 0) is 6.42 Å². The van der Waals surface area contributed by atoms with Crippen LogP contribution in [0.5, 0.6) is 0 Å². The molecule has 0 saturated carbocycles. The van der Waals surface area contributed by atoms with Gasteiger partial charge in [-0.15, -0.1) is 0 Å². The quantitative estimate of drug-likeness (QED) is 0.754. The average Bonchev–Trinajstić information content (AvgIpc) is 2.27. The molecule has 0 amide bonds. The van der Waals surface area contributed by atoms with Gasteiger partial charge in [0.25, 0.3) is 0 Å². The van der Waals surface area contributed by atoms with Gasteiger partial charge in [-0.05, 0) is 52.9 Å². The van der Waals surface area contributed by atoms with E-state index in [1.54, 1.807) is 0 Å². The highest BCUT2D eigenvalue weighted by atomic mass is 79.9. The molecule has 2 nitrogen and oxygen atoms in total. The second-order valence-electron chi connectivity index (χ2n) is 4.48. The van der Waals surface area contributed by atoms with Crippen LogP contribution >= 0.6 is 15.9 Å². The standard InChI is InChI=1S/C12H15BrN2/c13-10-3-1-2-8-6-9-7-14-5-4-11(9)15-12(8)10/h1-3,9,11,14-15H,4-7H2. The van der Waals surface area contributed by atoms with Crippen molar-refractivity contribution in [3.8, 4) is 0 Å². The molecule has 1 aromatic rings. The van der Waals surface area contributed by atoms with Crippen LogP contribution in [-0.4, -0.2) is 19.1 Å². The van der Waals surface area contributed by atoms with Crippen LogP contribution in [0.2, 0.25) is 0 Å². The fraction of sp³-hybridized carbons (Fsp3) is 0.500. The number of anilines is 1. The maximum atomic E-state index is 3.68. The van der Waals surface area contributed by atoms with E-state index in [-0.39, 0.29) is 0 Å². The predicted octanol–water partition coefficient (Wildman–Crippen LogP) is 2.40. The molecule has 0 aliphatic carbocycles. The zero-order valence-corrected chi connectivity index (χ0v) is 10.2. The van der Waals surface area contributed by atoms with E-state index in [2.05, 4.69) is 44.8 Å². The van der Waals surface area contributed by atoms with Gasteiger partial charge in [0, 0.05) is 17.1 Å². The van der Waals surface area contributed by atoms with Crippen molar-refractivity contribution in [2.75, 3.05) is 18.4 Å². The summed E-state index contributed by atoms with van der Waals surface area (Å²) < 4.78 is 1.21. The Morgan fingerprint density at radius 1 is 1.33 bits per heavy atom. The highest BCUT2D eigenvalue weighted by Crippen LogP contribution is 2.35. The van der Waals surface area contributed by atoms with Crippen molar-refractivity contribution in [1.82, 2.24) is 5.32 Å². The molecule has 0 radical (unpaired) electrons. The van der Waals surface area contributed by atoms with E-state index in [0.717, 1.165) is 19.0 Å². The zero-order chi connectivity index (χ0) is 10.3. The molecule has 15 heavy (non-hydrogen) atoms. The number of rotatable bonds is 0. The number of hydrogen-bond donors (Lipinski definition) is 2. The molecule has 1 saturated heterocycles. The van der Waals surface area contributed by atoms with E-state index in [4.69, 9.17) is 0 Å². The lowest BCUT2D eigenvalue weighted by Crippen LogP contribution is -2.47. The number of nitrogens with one attached hydrogen (secondary N) is 2. The van der Waals surface area contributed by atoms with Crippen LogP contribution in [0.3, 0.4) is 0 Å². The first kappa shape index (κ1) is 9.67. The first-order valence-corrected chi connectivity index (χ1v) is 6.38. The third-order valence-electron chi connectivity index (χ3n) is 3.52. The first-order chi connectivity index (χ1) is 7.34. The maximum absolute atomic E-state index is 3.68. The van der Waals surface area contributed by atoms with Crippen LogP contribution < -0.4 is 10.6 Å². The summed E-state index contributed by atoms with van der Waals surface area (Å²) in [6, 6.07) is 7.14. The van der Waals surface area contributed by atoms with Gasteiger partial charge in [-0.25, -0.2) is 0 Å². The van der Waals surface area contributed by atoms with E-state index in [0.29, 0.717) is 6.04 Å². The van der Waals surface area contributed by atoms with Gasteiger partial charge in [-0.1, -0.05) is 12.1 Å². The van der Waals surface area contributed by atoms with Crippen LogP contribution in [0, 0.1) is 5.92 Å². The Morgan fingerprint density at radius 2 is 2.27 bits per heavy atom. The Hall–Kier alpha value is -0.540. The smallest absolute Gasteiger partial charge is 0.0519 e. The normalized spacial score (nSPS) is 28.9. The van der Waals surface area contributed by atoms with E-state index in [1.165, 1.54) is 28.6 Å². The summed E-state index contributed by atoms with van der Waals surface area (Å²) in [5, 5.41) is 7.16. The molecule has 80 valence electrons. The Labute approximate surface area is 98.6 Å². The predicted molar refractivity (Wildman–Crippen MR) is 66.2 cm³/mol. The van der Waals surface area contributed by atoms with Crippen LogP contribution in [0.4, 0.5) is 5.69 Å². The van der Waals surface area contributed by atoms with Crippen molar-refractivity contribution in [1.29, 1.82) is 0 Å². The molecule has 2 heterocycles. The third kappa shape index (κ3) is 1.68. The summed E-state index contributed by atoms with van der Waals surface area (Å²) in [7, 11) is 0. The summed E-state index contributed by atoms with van der Waals surface area (Å²) in [4.78, 5) is 0. The molecule has 2 aliphatic heterocycles. The SMILES string of the molecule is Brc1cccc2c1NC1CCNCC1C2. The van der Waals surface area contributed by atoms with Gasteiger partial charge in [-0.3, -0.25) is 0 Å². The van der Waals surface area contributed by atoms with Crippen molar-refractivity contribution < 1.29 is 0 Å². The topological polar surface area (TPSA) is 24.1 Å². The van der Waals surface area contributed by atoms with E-state index in [1.807, 2.05) is 0 Å². The fourth-order valence-corrected chi connectivity index (χ4v) is 3.22. The molecule has 2 aliphatic rings. The molecule has 2 atom stereocenters. The summed E-state index contributed by atoms with van der Waals surface area (Å²) in [6.45, 7) is 2.30. The largest absolute Gasteiger partial charge is 0.381 e. The summed E-state index contributed by atoms with van der Waals surface area (Å²) >= 11 is 3.62. The molecule has 0 bridgehead atoms. The van der Waals surface area contributed by atoms with Gasteiger partial charge in [0.1, 0.15) is 0 Å². The summed E-state index contributed by atoms with van der Waals surface area (Å²) in [6.07, 6.45) is 2.45. The van der Waals surface area contributed by atoms with Crippen molar-refractivity contribution in [3.05, 3.63) is 28.2 Å². The van der Waals surface area contributed by atoms with E-state index < -0.39 is 0 Å². The molecule has 3 rings (SSSR count). The lowest BCUT2D eigenvalue weighted by atomic mass is 9.83. The van der Waals surface area contributed by atoms with Gasteiger partial charge >= 0.3 is 0 Å². The number of para-hydroxylation sites is 1. The van der Waals surface area contributed by atoms with Crippen molar-refractivity contribution in [2.45, 2.75) is 18.9 Å². The number of benzene rings is 1. The van der Waals surface area contributed by atoms with Crippen LogP contribution in [0.15, 0.2) is 22.7 Å². The second kappa shape index (κ2) is 3.80. The minimum Gasteiger partial charge on any atom is -0.381 e. The molecule has 1 aromatic carbocycles. The van der Waals surface area contributed by atoms with Gasteiger partial charge in [-0.2, -0.15) is 0 Å².